The van der Waals surface area contributed by atoms with Crippen LogP contribution in [0.4, 0.5) is 0 Å². The fraction of sp³-hybridized carbons (Fsp3) is 0.500. The molecule has 0 amide bonds. The predicted octanol–water partition coefficient (Wildman–Crippen LogP) is 2.25. The van der Waals surface area contributed by atoms with Gasteiger partial charge in [-0.1, -0.05) is 39.5 Å². The third-order valence-electron chi connectivity index (χ3n) is 4.09. The summed E-state index contributed by atoms with van der Waals surface area (Å²) < 4.78 is 0.697. The second-order valence-corrected chi connectivity index (χ2v) is 6.65. The van der Waals surface area contributed by atoms with E-state index in [1.165, 1.54) is 6.08 Å². The normalized spacial score (nSPS) is 15.8. The summed E-state index contributed by atoms with van der Waals surface area (Å²) >= 11 is 1.11. The molecule has 0 aromatic carbocycles. The van der Waals surface area contributed by atoms with Crippen molar-refractivity contribution in [2.24, 2.45) is 5.92 Å². The third-order valence-corrected chi connectivity index (χ3v) is 4.93. The maximum absolute atomic E-state index is 12.6. The zero-order valence-electron chi connectivity index (χ0n) is 12.6. The van der Waals surface area contributed by atoms with Crippen LogP contribution < -0.4 is 9.55 Å². The molecule has 0 spiro atoms. The van der Waals surface area contributed by atoms with Crippen LogP contribution in [0.3, 0.4) is 0 Å². The molecule has 0 saturated heterocycles. The number of carbonyl (C=O) groups excluding carboxylic acids is 2. The predicted molar refractivity (Wildman–Crippen MR) is 89.8 cm³/mol. The van der Waals surface area contributed by atoms with Gasteiger partial charge in [0.15, 0.2) is 11.6 Å². The summed E-state index contributed by atoms with van der Waals surface area (Å²) in [4.78, 5) is 24.8. The fourth-order valence-electron chi connectivity index (χ4n) is 2.80. The topological polar surface area (TPSA) is 34.1 Å². The summed E-state index contributed by atoms with van der Waals surface area (Å²) in [5.74, 6) is 0.132. The molecule has 0 fully saturated rings. The molecule has 1 aromatic rings. The van der Waals surface area contributed by atoms with E-state index < -0.39 is 0 Å². The standard InChI is InChI=1S/C16H18B2O2S/c1-3-5-6-9(4-2)7-10-8-11(19)12-13(14(10)20)16(18)21-15(12)17/h8-9H,3-7H2,1-2H3. The number of Topliss-reactive ketones (excluding diaryl/α,β-unsaturated/α-hetero) is 1. The fourth-order valence-corrected chi connectivity index (χ4v) is 3.64. The van der Waals surface area contributed by atoms with Crippen molar-refractivity contribution >= 4 is 48.1 Å². The van der Waals surface area contributed by atoms with Crippen molar-refractivity contribution in [2.75, 3.05) is 0 Å². The Morgan fingerprint density at radius 3 is 2.43 bits per heavy atom. The van der Waals surface area contributed by atoms with Gasteiger partial charge in [0, 0.05) is 16.7 Å². The minimum absolute atomic E-state index is 0.120. The van der Waals surface area contributed by atoms with Gasteiger partial charge in [-0.15, -0.1) is 0 Å². The largest absolute Gasteiger partial charge is 0.289 e. The van der Waals surface area contributed by atoms with E-state index in [-0.39, 0.29) is 11.6 Å². The molecule has 5 heteroatoms. The molecule has 4 radical (unpaired) electrons. The van der Waals surface area contributed by atoms with Gasteiger partial charge in [-0.2, -0.15) is 11.3 Å². The van der Waals surface area contributed by atoms with Crippen LogP contribution >= 0.6 is 11.3 Å². The van der Waals surface area contributed by atoms with E-state index in [0.717, 1.165) is 37.0 Å². The van der Waals surface area contributed by atoms with Crippen molar-refractivity contribution in [1.29, 1.82) is 0 Å². The van der Waals surface area contributed by atoms with Crippen LogP contribution in [0.1, 0.15) is 66.7 Å². The van der Waals surface area contributed by atoms with Crippen molar-refractivity contribution < 1.29 is 9.59 Å². The third kappa shape index (κ3) is 3.23. The van der Waals surface area contributed by atoms with E-state index in [9.17, 15) is 9.59 Å². The van der Waals surface area contributed by atoms with Gasteiger partial charge >= 0.3 is 0 Å². The van der Waals surface area contributed by atoms with E-state index in [1.807, 2.05) is 0 Å². The molecule has 2 nitrogen and oxygen atoms in total. The minimum Gasteiger partial charge on any atom is -0.289 e. The summed E-state index contributed by atoms with van der Waals surface area (Å²) in [5.41, 5.74) is 1.21. The first-order valence-corrected chi connectivity index (χ1v) is 8.28. The maximum atomic E-state index is 12.6. The number of allylic oxidation sites excluding steroid dienone is 2. The number of carbonyl (C=O) groups is 2. The Hall–Kier alpha value is -1.09. The molecule has 2 rings (SSSR count). The van der Waals surface area contributed by atoms with E-state index >= 15 is 0 Å². The Morgan fingerprint density at radius 2 is 1.81 bits per heavy atom. The molecule has 0 aliphatic heterocycles. The number of unbranched alkanes of at least 4 members (excludes halogenated alkanes) is 1. The van der Waals surface area contributed by atoms with Gasteiger partial charge in [-0.25, -0.2) is 0 Å². The van der Waals surface area contributed by atoms with Crippen molar-refractivity contribution in [3.05, 3.63) is 22.8 Å². The van der Waals surface area contributed by atoms with Crippen LogP contribution in [0.25, 0.3) is 0 Å². The molecular weight excluding hydrogens is 278 g/mol. The van der Waals surface area contributed by atoms with E-state index in [2.05, 4.69) is 13.8 Å². The van der Waals surface area contributed by atoms with E-state index in [0.29, 0.717) is 38.6 Å². The number of ketones is 2. The van der Waals surface area contributed by atoms with Gasteiger partial charge in [0.05, 0.1) is 0 Å². The van der Waals surface area contributed by atoms with Crippen molar-refractivity contribution in [3.63, 3.8) is 0 Å². The number of thiophene rings is 1. The van der Waals surface area contributed by atoms with Crippen LogP contribution in [0.5, 0.6) is 0 Å². The molecule has 1 aliphatic carbocycles. The van der Waals surface area contributed by atoms with Gasteiger partial charge in [-0.05, 0) is 28.0 Å². The summed E-state index contributed by atoms with van der Waals surface area (Å²) in [7, 11) is 11.6. The van der Waals surface area contributed by atoms with E-state index in [4.69, 9.17) is 15.7 Å². The molecule has 1 atom stereocenters. The highest BCUT2D eigenvalue weighted by Gasteiger charge is 2.30. The molecule has 1 aromatic heterocycles. The van der Waals surface area contributed by atoms with Crippen LogP contribution in [-0.4, -0.2) is 27.3 Å². The Balaban J connectivity index is 2.25. The smallest absolute Gasteiger partial charge is 0.190 e. The second-order valence-electron chi connectivity index (χ2n) is 5.56. The average Bonchev–Trinajstić information content (AvgIpc) is 2.75. The Kier molecular flexibility index (Phi) is 5.26. The number of hydrogen-bond acceptors (Lipinski definition) is 3. The SMILES string of the molecule is [B]c1sc([B])c2c1C(=O)C=C(CC(CC)CCCC)C2=O. The monoisotopic (exact) mass is 296 g/mol. The highest BCUT2D eigenvalue weighted by atomic mass is 32.1. The summed E-state index contributed by atoms with van der Waals surface area (Å²) in [6.07, 6.45) is 6.48. The van der Waals surface area contributed by atoms with Crippen LogP contribution in [0, 0.1) is 5.92 Å². The lowest BCUT2D eigenvalue weighted by molar-refractivity contribution is 0.0981. The molecule has 1 aliphatic rings. The molecule has 0 N–H and O–H groups in total. The van der Waals surface area contributed by atoms with Crippen molar-refractivity contribution in [2.45, 2.75) is 46.0 Å². The molecule has 0 saturated carbocycles. The quantitative estimate of drug-likeness (QED) is 0.755. The maximum Gasteiger partial charge on any atom is 0.190 e. The summed E-state index contributed by atoms with van der Waals surface area (Å²) in [6, 6.07) is 0. The van der Waals surface area contributed by atoms with Gasteiger partial charge in [0.2, 0.25) is 0 Å². The van der Waals surface area contributed by atoms with Gasteiger partial charge in [-0.3, -0.25) is 9.59 Å². The molecular formula is C16H18B2O2S. The zero-order chi connectivity index (χ0) is 15.6. The minimum atomic E-state index is -0.185. The zero-order valence-corrected chi connectivity index (χ0v) is 13.4. The lowest BCUT2D eigenvalue weighted by Crippen LogP contribution is -2.25. The first-order chi connectivity index (χ1) is 9.99. The molecule has 0 bridgehead atoms. The first-order valence-electron chi connectivity index (χ1n) is 7.46. The summed E-state index contributed by atoms with van der Waals surface area (Å²) in [6.45, 7) is 4.28. The number of rotatable bonds is 6. The van der Waals surface area contributed by atoms with Crippen molar-refractivity contribution in [3.8, 4) is 0 Å². The van der Waals surface area contributed by atoms with Crippen LogP contribution in [0.2, 0.25) is 0 Å². The molecule has 1 unspecified atom stereocenters. The lowest BCUT2D eigenvalue weighted by atomic mass is 9.80. The Morgan fingerprint density at radius 1 is 1.14 bits per heavy atom. The summed E-state index contributed by atoms with van der Waals surface area (Å²) in [5, 5.41) is 0. The molecule has 1 heterocycles. The highest BCUT2D eigenvalue weighted by Crippen LogP contribution is 2.28. The molecule has 106 valence electrons. The molecule has 21 heavy (non-hydrogen) atoms. The first kappa shape index (κ1) is 16.3. The number of fused-ring (bicyclic) bond motifs is 1. The Labute approximate surface area is 132 Å². The lowest BCUT2D eigenvalue weighted by Gasteiger charge is -2.19. The van der Waals surface area contributed by atoms with Crippen molar-refractivity contribution in [1.82, 2.24) is 0 Å². The van der Waals surface area contributed by atoms with Gasteiger partial charge in [0.1, 0.15) is 15.7 Å². The second kappa shape index (κ2) is 6.78. The highest BCUT2D eigenvalue weighted by molar-refractivity contribution is 7.27. The average molecular weight is 296 g/mol. The van der Waals surface area contributed by atoms with Crippen LogP contribution in [0.15, 0.2) is 11.6 Å². The van der Waals surface area contributed by atoms with Crippen LogP contribution in [-0.2, 0) is 0 Å². The van der Waals surface area contributed by atoms with Gasteiger partial charge < -0.3 is 0 Å². The number of hydrogen-bond donors (Lipinski definition) is 0. The van der Waals surface area contributed by atoms with E-state index in [1.54, 1.807) is 0 Å². The Bertz CT molecular complexity index is 602. The van der Waals surface area contributed by atoms with Gasteiger partial charge in [0.25, 0.3) is 0 Å².